The summed E-state index contributed by atoms with van der Waals surface area (Å²) in [5.74, 6) is 0.884. The van der Waals surface area contributed by atoms with Crippen LogP contribution in [0.5, 0.6) is 0 Å². The third kappa shape index (κ3) is 4.20. The first-order valence-corrected chi connectivity index (χ1v) is 5.62. The van der Waals surface area contributed by atoms with Crippen molar-refractivity contribution in [3.8, 4) is 0 Å². The molecule has 0 fully saturated rings. The van der Waals surface area contributed by atoms with Gasteiger partial charge in [0.1, 0.15) is 0 Å². The van der Waals surface area contributed by atoms with Crippen molar-refractivity contribution in [2.45, 2.75) is 20.4 Å². The molecular formula is C11H21N3O2. The summed E-state index contributed by atoms with van der Waals surface area (Å²) >= 11 is 0. The number of nitrogens with one attached hydrogen (secondary N) is 1. The minimum Gasteiger partial charge on any atom is -0.383 e. The molecule has 0 radical (unpaired) electrons. The molecule has 1 aromatic rings. The maximum atomic E-state index is 5.33. The zero-order valence-electron chi connectivity index (χ0n) is 10.3. The van der Waals surface area contributed by atoms with Crippen molar-refractivity contribution in [2.75, 3.05) is 38.8 Å². The van der Waals surface area contributed by atoms with Gasteiger partial charge in [-0.25, -0.2) is 4.98 Å². The van der Waals surface area contributed by atoms with Gasteiger partial charge in [0.2, 0.25) is 5.95 Å². The van der Waals surface area contributed by atoms with Crippen LogP contribution in [-0.4, -0.2) is 43.0 Å². The van der Waals surface area contributed by atoms with E-state index < -0.39 is 0 Å². The maximum Gasteiger partial charge on any atom is 0.203 e. The number of ether oxygens (including phenoxy) is 2. The fourth-order valence-corrected chi connectivity index (χ4v) is 1.43. The van der Waals surface area contributed by atoms with E-state index in [2.05, 4.69) is 14.9 Å². The Morgan fingerprint density at radius 1 is 1.44 bits per heavy atom. The minimum absolute atomic E-state index is 0.678. The summed E-state index contributed by atoms with van der Waals surface area (Å²) in [6.07, 6.45) is 2.02. The van der Waals surface area contributed by atoms with Gasteiger partial charge in [-0.1, -0.05) is 0 Å². The van der Waals surface area contributed by atoms with Gasteiger partial charge >= 0.3 is 0 Å². The van der Waals surface area contributed by atoms with E-state index in [1.807, 2.05) is 20.0 Å². The van der Waals surface area contributed by atoms with Crippen LogP contribution >= 0.6 is 0 Å². The van der Waals surface area contributed by atoms with E-state index in [1.165, 1.54) is 0 Å². The van der Waals surface area contributed by atoms with Gasteiger partial charge in [0.05, 0.1) is 18.9 Å². The highest BCUT2D eigenvalue weighted by Gasteiger charge is 2.04. The lowest BCUT2D eigenvalue weighted by Crippen LogP contribution is -2.14. The molecule has 0 aliphatic heterocycles. The van der Waals surface area contributed by atoms with Crippen LogP contribution in [0.1, 0.15) is 12.6 Å². The Bertz CT molecular complexity index is 272. The van der Waals surface area contributed by atoms with Crippen LogP contribution < -0.4 is 5.32 Å². The summed E-state index contributed by atoms with van der Waals surface area (Å²) in [5.41, 5.74) is 1.01. The summed E-state index contributed by atoms with van der Waals surface area (Å²) in [7, 11) is 1.69. The van der Waals surface area contributed by atoms with Gasteiger partial charge in [-0.3, -0.25) is 0 Å². The van der Waals surface area contributed by atoms with Crippen molar-refractivity contribution in [1.29, 1.82) is 0 Å². The Kier molecular flexibility index (Phi) is 5.88. The highest BCUT2D eigenvalue weighted by molar-refractivity contribution is 5.28. The molecule has 0 aliphatic carbocycles. The molecule has 92 valence electrons. The van der Waals surface area contributed by atoms with Crippen molar-refractivity contribution in [1.82, 2.24) is 9.55 Å². The van der Waals surface area contributed by atoms with Gasteiger partial charge in [0.25, 0.3) is 0 Å². The van der Waals surface area contributed by atoms with Gasteiger partial charge in [0, 0.05) is 33.0 Å². The highest BCUT2D eigenvalue weighted by Crippen LogP contribution is 2.07. The lowest BCUT2D eigenvalue weighted by atomic mass is 10.5. The number of aromatic nitrogens is 2. The SMILES string of the molecule is CCOCCn1cc(C)nc1NCCOC. The van der Waals surface area contributed by atoms with E-state index in [0.717, 1.165) is 31.3 Å². The number of aryl methyl sites for hydroxylation is 1. The molecule has 16 heavy (non-hydrogen) atoms. The number of rotatable bonds is 8. The minimum atomic E-state index is 0.678. The number of nitrogens with zero attached hydrogens (tertiary/aromatic N) is 2. The van der Waals surface area contributed by atoms with Gasteiger partial charge < -0.3 is 19.4 Å². The molecule has 0 saturated carbocycles. The molecule has 0 amide bonds. The van der Waals surface area contributed by atoms with Crippen LogP contribution in [0, 0.1) is 6.92 Å². The maximum absolute atomic E-state index is 5.33. The monoisotopic (exact) mass is 227 g/mol. The first-order chi connectivity index (χ1) is 7.77. The summed E-state index contributed by atoms with van der Waals surface area (Å²) in [5, 5.41) is 3.23. The van der Waals surface area contributed by atoms with Gasteiger partial charge in [0.15, 0.2) is 0 Å². The predicted molar refractivity (Wildman–Crippen MR) is 63.8 cm³/mol. The molecule has 1 N–H and O–H groups in total. The second kappa shape index (κ2) is 7.24. The van der Waals surface area contributed by atoms with Crippen molar-refractivity contribution < 1.29 is 9.47 Å². The number of hydrogen-bond donors (Lipinski definition) is 1. The second-order valence-electron chi connectivity index (χ2n) is 3.52. The van der Waals surface area contributed by atoms with Crippen molar-refractivity contribution in [3.63, 3.8) is 0 Å². The van der Waals surface area contributed by atoms with Crippen LogP contribution in [0.4, 0.5) is 5.95 Å². The van der Waals surface area contributed by atoms with Crippen LogP contribution in [0.3, 0.4) is 0 Å². The van der Waals surface area contributed by atoms with E-state index in [-0.39, 0.29) is 0 Å². The fraction of sp³-hybridized carbons (Fsp3) is 0.727. The Morgan fingerprint density at radius 3 is 2.94 bits per heavy atom. The molecule has 0 atom stereocenters. The van der Waals surface area contributed by atoms with Crippen molar-refractivity contribution in [2.24, 2.45) is 0 Å². The number of hydrogen-bond acceptors (Lipinski definition) is 4. The Balaban J connectivity index is 2.46. The third-order valence-electron chi connectivity index (χ3n) is 2.17. The average Bonchev–Trinajstić information content (AvgIpc) is 2.60. The summed E-state index contributed by atoms with van der Waals surface area (Å²) < 4.78 is 12.4. The lowest BCUT2D eigenvalue weighted by Gasteiger charge is -2.09. The normalized spacial score (nSPS) is 10.7. The number of methoxy groups -OCH3 is 1. The third-order valence-corrected chi connectivity index (χ3v) is 2.17. The molecule has 0 aliphatic rings. The summed E-state index contributed by atoms with van der Waals surface area (Å²) in [6, 6.07) is 0. The van der Waals surface area contributed by atoms with Gasteiger partial charge in [-0.05, 0) is 13.8 Å². The van der Waals surface area contributed by atoms with E-state index in [9.17, 15) is 0 Å². The van der Waals surface area contributed by atoms with E-state index in [1.54, 1.807) is 7.11 Å². The summed E-state index contributed by atoms with van der Waals surface area (Å²) in [6.45, 7) is 7.71. The molecule has 0 aromatic carbocycles. The number of imidazole rings is 1. The zero-order valence-corrected chi connectivity index (χ0v) is 10.3. The molecule has 0 spiro atoms. The molecule has 1 rings (SSSR count). The summed E-state index contributed by atoms with van der Waals surface area (Å²) in [4.78, 5) is 4.40. The molecule has 5 heteroatoms. The molecular weight excluding hydrogens is 206 g/mol. The molecule has 0 saturated heterocycles. The average molecular weight is 227 g/mol. The largest absolute Gasteiger partial charge is 0.383 e. The molecule has 0 bridgehead atoms. The highest BCUT2D eigenvalue weighted by atomic mass is 16.5. The predicted octanol–water partition coefficient (Wildman–Crippen LogP) is 1.29. The van der Waals surface area contributed by atoms with E-state index in [4.69, 9.17) is 9.47 Å². The topological polar surface area (TPSA) is 48.3 Å². The zero-order chi connectivity index (χ0) is 11.8. The number of anilines is 1. The van der Waals surface area contributed by atoms with Crippen LogP contribution in [0.15, 0.2) is 6.20 Å². The van der Waals surface area contributed by atoms with Crippen molar-refractivity contribution >= 4 is 5.95 Å². The first kappa shape index (κ1) is 13.0. The fourth-order valence-electron chi connectivity index (χ4n) is 1.43. The van der Waals surface area contributed by atoms with Gasteiger partial charge in [-0.15, -0.1) is 0 Å². The molecule has 1 aromatic heterocycles. The lowest BCUT2D eigenvalue weighted by molar-refractivity contribution is 0.139. The molecule has 0 unspecified atom stereocenters. The first-order valence-electron chi connectivity index (χ1n) is 5.62. The molecule has 5 nitrogen and oxygen atoms in total. The van der Waals surface area contributed by atoms with Crippen LogP contribution in [-0.2, 0) is 16.0 Å². The van der Waals surface area contributed by atoms with Gasteiger partial charge in [-0.2, -0.15) is 0 Å². The van der Waals surface area contributed by atoms with Crippen LogP contribution in [0.2, 0.25) is 0 Å². The Labute approximate surface area is 96.8 Å². The quantitative estimate of drug-likeness (QED) is 0.680. The van der Waals surface area contributed by atoms with Crippen LogP contribution in [0.25, 0.3) is 0 Å². The smallest absolute Gasteiger partial charge is 0.203 e. The Morgan fingerprint density at radius 2 is 2.25 bits per heavy atom. The van der Waals surface area contributed by atoms with Crippen molar-refractivity contribution in [3.05, 3.63) is 11.9 Å². The second-order valence-corrected chi connectivity index (χ2v) is 3.52. The standard InChI is InChI=1S/C11H21N3O2/c1-4-16-8-6-14-9-10(2)13-11(14)12-5-7-15-3/h9H,4-8H2,1-3H3,(H,12,13). The van der Waals surface area contributed by atoms with E-state index in [0.29, 0.717) is 13.2 Å². The Hall–Kier alpha value is -1.07. The molecule has 1 heterocycles. The van der Waals surface area contributed by atoms with E-state index >= 15 is 0 Å².